The Balaban J connectivity index is 1.82. The first-order chi connectivity index (χ1) is 12.0. The van der Waals surface area contributed by atoms with Crippen LogP contribution in [0.4, 0.5) is 0 Å². The number of hydrogen-bond acceptors (Lipinski definition) is 3. The molecule has 2 heterocycles. The van der Waals surface area contributed by atoms with Crippen molar-refractivity contribution in [2.45, 2.75) is 52.2 Å². The monoisotopic (exact) mass is 340 g/mol. The number of amides is 2. The van der Waals surface area contributed by atoms with Crippen molar-refractivity contribution < 1.29 is 9.59 Å². The van der Waals surface area contributed by atoms with Gasteiger partial charge in [-0.25, -0.2) is 0 Å². The Morgan fingerprint density at radius 3 is 2.84 bits per heavy atom. The minimum atomic E-state index is -0.265. The van der Waals surface area contributed by atoms with Crippen molar-refractivity contribution in [2.24, 2.45) is 0 Å². The van der Waals surface area contributed by atoms with Gasteiger partial charge in [-0.1, -0.05) is 6.07 Å². The van der Waals surface area contributed by atoms with Gasteiger partial charge in [-0.05, 0) is 56.5 Å². The van der Waals surface area contributed by atoms with Crippen molar-refractivity contribution in [3.05, 3.63) is 52.8 Å². The summed E-state index contributed by atoms with van der Waals surface area (Å²) in [7, 11) is 0. The Hall–Kier alpha value is -2.63. The third kappa shape index (κ3) is 3.57. The average Bonchev–Trinajstić information content (AvgIpc) is 3.07. The highest BCUT2D eigenvalue weighted by Gasteiger charge is 2.33. The summed E-state index contributed by atoms with van der Waals surface area (Å²) in [5.74, 6) is -0.109. The molecule has 2 N–H and O–H groups in total. The van der Waals surface area contributed by atoms with Crippen LogP contribution in [0, 0.1) is 13.8 Å². The molecule has 0 aliphatic carbocycles. The molecule has 2 unspecified atom stereocenters. The van der Waals surface area contributed by atoms with Gasteiger partial charge in [0, 0.05) is 24.7 Å². The van der Waals surface area contributed by atoms with Crippen molar-refractivity contribution in [1.29, 1.82) is 0 Å². The SMILES string of the molecule is CCn1nccc1C1NC(=O)CCC1NC(=O)c1ccc(C)c(C)c1. The molecule has 0 radical (unpaired) electrons. The van der Waals surface area contributed by atoms with E-state index in [0.29, 0.717) is 24.9 Å². The van der Waals surface area contributed by atoms with Crippen molar-refractivity contribution in [2.75, 3.05) is 0 Å². The van der Waals surface area contributed by atoms with Gasteiger partial charge in [-0.15, -0.1) is 0 Å². The second-order valence-corrected chi connectivity index (χ2v) is 6.53. The van der Waals surface area contributed by atoms with Crippen LogP contribution in [0.2, 0.25) is 0 Å². The van der Waals surface area contributed by atoms with Gasteiger partial charge in [0.15, 0.2) is 0 Å². The predicted molar refractivity (Wildman–Crippen MR) is 95.2 cm³/mol. The number of nitrogens with one attached hydrogen (secondary N) is 2. The summed E-state index contributed by atoms with van der Waals surface area (Å²) in [6, 6.07) is 7.17. The van der Waals surface area contributed by atoms with Gasteiger partial charge in [-0.2, -0.15) is 5.10 Å². The normalized spacial score (nSPS) is 20.2. The molecule has 132 valence electrons. The summed E-state index contributed by atoms with van der Waals surface area (Å²) < 4.78 is 1.85. The maximum atomic E-state index is 12.7. The molecule has 1 aromatic heterocycles. The molecule has 1 saturated heterocycles. The fourth-order valence-corrected chi connectivity index (χ4v) is 3.24. The second-order valence-electron chi connectivity index (χ2n) is 6.53. The number of carbonyl (C=O) groups excluding carboxylic acids is 2. The van der Waals surface area contributed by atoms with Crippen LogP contribution in [0.15, 0.2) is 30.5 Å². The minimum Gasteiger partial charge on any atom is -0.347 e. The highest BCUT2D eigenvalue weighted by Crippen LogP contribution is 2.24. The van der Waals surface area contributed by atoms with E-state index >= 15 is 0 Å². The lowest BCUT2D eigenvalue weighted by Crippen LogP contribution is -2.50. The summed E-state index contributed by atoms with van der Waals surface area (Å²) in [6.07, 6.45) is 2.75. The molecule has 1 aromatic carbocycles. The molecule has 3 rings (SSSR count). The van der Waals surface area contributed by atoms with E-state index in [1.165, 1.54) is 0 Å². The molecule has 0 spiro atoms. The molecule has 1 aliphatic heterocycles. The molecule has 0 saturated carbocycles. The van der Waals surface area contributed by atoms with E-state index in [2.05, 4.69) is 15.7 Å². The fourth-order valence-electron chi connectivity index (χ4n) is 3.24. The van der Waals surface area contributed by atoms with Crippen LogP contribution in [0.1, 0.15) is 53.0 Å². The Bertz CT molecular complexity index is 796. The first-order valence-electron chi connectivity index (χ1n) is 8.68. The smallest absolute Gasteiger partial charge is 0.251 e. The fraction of sp³-hybridized carbons (Fsp3) is 0.421. The van der Waals surface area contributed by atoms with Crippen LogP contribution in [-0.4, -0.2) is 27.6 Å². The minimum absolute atomic E-state index is 0.00512. The number of piperidine rings is 1. The van der Waals surface area contributed by atoms with Crippen molar-refractivity contribution in [1.82, 2.24) is 20.4 Å². The summed E-state index contributed by atoms with van der Waals surface area (Å²) in [5.41, 5.74) is 3.81. The zero-order chi connectivity index (χ0) is 18.0. The maximum Gasteiger partial charge on any atom is 0.251 e. The van der Waals surface area contributed by atoms with Crippen LogP contribution >= 0.6 is 0 Å². The standard InChI is InChI=1S/C19H24N4O2/c1-4-23-16(9-10-20-23)18-15(7-8-17(24)22-18)21-19(25)14-6-5-12(2)13(3)11-14/h5-6,9-11,15,18H,4,7-8H2,1-3H3,(H,21,25)(H,22,24). The summed E-state index contributed by atoms with van der Waals surface area (Å²) in [6.45, 7) is 6.74. The van der Waals surface area contributed by atoms with E-state index in [1.54, 1.807) is 6.20 Å². The average molecular weight is 340 g/mol. The van der Waals surface area contributed by atoms with Crippen LogP contribution in [0.3, 0.4) is 0 Å². The highest BCUT2D eigenvalue weighted by atomic mass is 16.2. The third-order valence-electron chi connectivity index (χ3n) is 4.85. The Labute approximate surface area is 147 Å². The number of hydrogen-bond donors (Lipinski definition) is 2. The van der Waals surface area contributed by atoms with Gasteiger partial charge in [0.05, 0.1) is 17.8 Å². The number of aryl methyl sites for hydroxylation is 3. The zero-order valence-corrected chi connectivity index (χ0v) is 14.9. The van der Waals surface area contributed by atoms with Gasteiger partial charge >= 0.3 is 0 Å². The van der Waals surface area contributed by atoms with Gasteiger partial charge in [-0.3, -0.25) is 14.3 Å². The molecule has 2 amide bonds. The maximum absolute atomic E-state index is 12.7. The van der Waals surface area contributed by atoms with Crippen LogP contribution in [0.25, 0.3) is 0 Å². The van der Waals surface area contributed by atoms with E-state index in [0.717, 1.165) is 16.8 Å². The zero-order valence-electron chi connectivity index (χ0n) is 14.9. The van der Waals surface area contributed by atoms with Crippen molar-refractivity contribution >= 4 is 11.8 Å². The predicted octanol–water partition coefficient (Wildman–Crippen LogP) is 2.27. The molecule has 25 heavy (non-hydrogen) atoms. The van der Waals surface area contributed by atoms with Crippen LogP contribution in [0.5, 0.6) is 0 Å². The van der Waals surface area contributed by atoms with E-state index in [1.807, 2.05) is 49.7 Å². The third-order valence-corrected chi connectivity index (χ3v) is 4.85. The lowest BCUT2D eigenvalue weighted by Gasteiger charge is -2.33. The van der Waals surface area contributed by atoms with E-state index in [-0.39, 0.29) is 23.9 Å². The Kier molecular flexibility index (Phi) is 4.88. The highest BCUT2D eigenvalue weighted by molar-refractivity contribution is 5.95. The first-order valence-corrected chi connectivity index (χ1v) is 8.68. The van der Waals surface area contributed by atoms with Gasteiger partial charge in [0.1, 0.15) is 0 Å². The van der Waals surface area contributed by atoms with Crippen molar-refractivity contribution in [3.8, 4) is 0 Å². The van der Waals surface area contributed by atoms with Gasteiger partial charge in [0.2, 0.25) is 5.91 Å². The lowest BCUT2D eigenvalue weighted by molar-refractivity contribution is -0.123. The van der Waals surface area contributed by atoms with Gasteiger partial charge < -0.3 is 10.6 Å². The van der Waals surface area contributed by atoms with Gasteiger partial charge in [0.25, 0.3) is 5.91 Å². The molecule has 6 nitrogen and oxygen atoms in total. The Morgan fingerprint density at radius 1 is 1.32 bits per heavy atom. The van der Waals surface area contributed by atoms with E-state index in [4.69, 9.17) is 0 Å². The molecular weight excluding hydrogens is 316 g/mol. The topological polar surface area (TPSA) is 76.0 Å². The largest absolute Gasteiger partial charge is 0.347 e. The molecule has 0 bridgehead atoms. The molecule has 2 aromatic rings. The lowest BCUT2D eigenvalue weighted by atomic mass is 9.94. The van der Waals surface area contributed by atoms with Crippen LogP contribution in [-0.2, 0) is 11.3 Å². The van der Waals surface area contributed by atoms with E-state index in [9.17, 15) is 9.59 Å². The number of nitrogens with zero attached hydrogens (tertiary/aromatic N) is 2. The second kappa shape index (κ2) is 7.09. The van der Waals surface area contributed by atoms with E-state index < -0.39 is 0 Å². The first kappa shape index (κ1) is 17.2. The molecule has 1 fully saturated rings. The number of rotatable bonds is 4. The quantitative estimate of drug-likeness (QED) is 0.896. The molecule has 6 heteroatoms. The Morgan fingerprint density at radius 2 is 2.12 bits per heavy atom. The molecule has 2 atom stereocenters. The summed E-state index contributed by atoms with van der Waals surface area (Å²) >= 11 is 0. The summed E-state index contributed by atoms with van der Waals surface area (Å²) in [5, 5.41) is 10.4. The van der Waals surface area contributed by atoms with Crippen LogP contribution < -0.4 is 10.6 Å². The summed E-state index contributed by atoms with van der Waals surface area (Å²) in [4.78, 5) is 24.6. The molecular formula is C19H24N4O2. The van der Waals surface area contributed by atoms with Crippen molar-refractivity contribution in [3.63, 3.8) is 0 Å². The number of carbonyl (C=O) groups is 2. The number of benzene rings is 1. The number of aromatic nitrogens is 2. The molecule has 1 aliphatic rings.